The highest BCUT2D eigenvalue weighted by atomic mass is 19.4. The van der Waals surface area contributed by atoms with E-state index in [0.717, 1.165) is 5.56 Å². The fourth-order valence-electron chi connectivity index (χ4n) is 2.13. The summed E-state index contributed by atoms with van der Waals surface area (Å²) in [6, 6.07) is 5.37. The number of carbonyl (C=O) groups is 2. The van der Waals surface area contributed by atoms with Gasteiger partial charge in [0.1, 0.15) is 6.54 Å². The summed E-state index contributed by atoms with van der Waals surface area (Å²) in [5.74, 6) is -1.06. The highest BCUT2D eigenvalue weighted by Gasteiger charge is 2.35. The number of benzene rings is 1. The normalized spacial score (nSPS) is 12.8. The van der Waals surface area contributed by atoms with Crippen molar-refractivity contribution in [3.8, 4) is 0 Å². The van der Waals surface area contributed by atoms with E-state index in [1.165, 1.54) is 12.1 Å². The molecule has 0 aliphatic carbocycles. The molecule has 2 N–H and O–H groups in total. The van der Waals surface area contributed by atoms with E-state index in [0.29, 0.717) is 4.90 Å². The van der Waals surface area contributed by atoms with Gasteiger partial charge in [0, 0.05) is 12.1 Å². The molecule has 1 atom stereocenters. The fraction of sp³-hybridized carbons (Fsp3) is 0.500. The molecule has 0 fully saturated rings. The maximum absolute atomic E-state index is 12.8. The number of hydrogen-bond donors (Lipinski definition) is 2. The van der Waals surface area contributed by atoms with E-state index in [2.05, 4.69) is 5.32 Å². The van der Waals surface area contributed by atoms with Crippen LogP contribution in [0.3, 0.4) is 0 Å². The summed E-state index contributed by atoms with van der Waals surface area (Å²) in [6.45, 7) is 3.33. The van der Waals surface area contributed by atoms with Gasteiger partial charge in [0.15, 0.2) is 0 Å². The van der Waals surface area contributed by atoms with Crippen molar-refractivity contribution in [2.75, 3.05) is 13.1 Å². The third-order valence-corrected chi connectivity index (χ3v) is 3.49. The predicted octanol–water partition coefficient (Wildman–Crippen LogP) is 3.29. The zero-order chi connectivity index (χ0) is 18.5. The lowest BCUT2D eigenvalue weighted by atomic mass is 10.0. The number of nitrogens with one attached hydrogen (secondary N) is 1. The van der Waals surface area contributed by atoms with Crippen LogP contribution in [-0.4, -0.2) is 47.3 Å². The average Bonchev–Trinajstić information content (AvgIpc) is 2.43. The second-order valence-electron chi connectivity index (χ2n) is 5.97. The first kappa shape index (κ1) is 19.8. The number of amides is 2. The molecule has 0 bridgehead atoms. The molecule has 24 heavy (non-hydrogen) atoms. The van der Waals surface area contributed by atoms with E-state index in [4.69, 9.17) is 5.11 Å². The summed E-state index contributed by atoms with van der Waals surface area (Å²) in [6.07, 6.45) is -5.92. The Labute approximate surface area is 138 Å². The maximum Gasteiger partial charge on any atom is 0.406 e. The summed E-state index contributed by atoms with van der Waals surface area (Å²) in [5, 5.41) is 11.0. The summed E-state index contributed by atoms with van der Waals surface area (Å²) in [5.41, 5.74) is 1.00. The topological polar surface area (TPSA) is 69.6 Å². The summed E-state index contributed by atoms with van der Waals surface area (Å²) >= 11 is 0. The van der Waals surface area contributed by atoms with Crippen molar-refractivity contribution in [3.05, 3.63) is 35.4 Å². The Balaban J connectivity index is 3.03. The van der Waals surface area contributed by atoms with Crippen LogP contribution in [0.1, 0.15) is 29.8 Å². The van der Waals surface area contributed by atoms with E-state index < -0.39 is 30.8 Å². The third-order valence-electron chi connectivity index (χ3n) is 3.49. The maximum atomic E-state index is 12.8. The summed E-state index contributed by atoms with van der Waals surface area (Å²) in [7, 11) is 0. The molecule has 134 valence electrons. The molecule has 0 saturated carbocycles. The van der Waals surface area contributed by atoms with Crippen molar-refractivity contribution < 1.29 is 27.9 Å². The number of halogens is 3. The van der Waals surface area contributed by atoms with Crippen molar-refractivity contribution in [2.45, 2.75) is 33.0 Å². The van der Waals surface area contributed by atoms with Gasteiger partial charge >= 0.3 is 12.3 Å². The van der Waals surface area contributed by atoms with Crippen LogP contribution in [0.2, 0.25) is 0 Å². The minimum absolute atomic E-state index is 0.127. The van der Waals surface area contributed by atoms with Gasteiger partial charge in [0.05, 0.1) is 6.04 Å². The van der Waals surface area contributed by atoms with Crippen LogP contribution in [0, 0.1) is 12.8 Å². The van der Waals surface area contributed by atoms with Crippen LogP contribution in [0.15, 0.2) is 24.3 Å². The molecular formula is C16H21F3N2O3. The van der Waals surface area contributed by atoms with Crippen molar-refractivity contribution in [1.29, 1.82) is 0 Å². The average molecular weight is 346 g/mol. The number of carboxylic acid groups (broad SMARTS) is 1. The van der Waals surface area contributed by atoms with E-state index in [-0.39, 0.29) is 18.0 Å². The standard InChI is InChI=1S/C16H21F3N2O3/c1-10(2)13(20-15(23)24)8-21(9-16(17,18)19)14(22)12-6-4-11(3)5-7-12/h4-7,10,13,20H,8-9H2,1-3H3,(H,23,24). The molecule has 0 aliphatic rings. The van der Waals surface area contributed by atoms with E-state index in [1.54, 1.807) is 32.9 Å². The van der Waals surface area contributed by atoms with Gasteiger partial charge in [-0.1, -0.05) is 31.5 Å². The number of hydrogen-bond acceptors (Lipinski definition) is 2. The predicted molar refractivity (Wildman–Crippen MR) is 82.9 cm³/mol. The lowest BCUT2D eigenvalue weighted by molar-refractivity contribution is -0.141. The molecule has 2 amide bonds. The van der Waals surface area contributed by atoms with Crippen molar-refractivity contribution in [1.82, 2.24) is 10.2 Å². The van der Waals surface area contributed by atoms with E-state index in [9.17, 15) is 22.8 Å². The molecule has 8 heteroatoms. The zero-order valence-electron chi connectivity index (χ0n) is 13.7. The van der Waals surface area contributed by atoms with Gasteiger partial charge in [-0.15, -0.1) is 0 Å². The quantitative estimate of drug-likeness (QED) is 0.830. The number of rotatable bonds is 6. The fourth-order valence-corrected chi connectivity index (χ4v) is 2.13. The van der Waals surface area contributed by atoms with Crippen LogP contribution < -0.4 is 5.32 Å². The number of carbonyl (C=O) groups excluding carboxylic acids is 1. The Morgan fingerprint density at radius 1 is 1.21 bits per heavy atom. The van der Waals surface area contributed by atoms with Gasteiger partial charge in [-0.25, -0.2) is 4.79 Å². The molecule has 1 aromatic rings. The lowest BCUT2D eigenvalue weighted by Gasteiger charge is -2.30. The summed E-state index contributed by atoms with van der Waals surface area (Å²) in [4.78, 5) is 23.9. The van der Waals surface area contributed by atoms with Gasteiger partial charge < -0.3 is 15.3 Å². The van der Waals surface area contributed by atoms with Crippen LogP contribution in [0.5, 0.6) is 0 Å². The summed E-state index contributed by atoms with van der Waals surface area (Å²) < 4.78 is 38.5. The molecule has 0 aliphatic heterocycles. The molecule has 0 heterocycles. The van der Waals surface area contributed by atoms with Gasteiger partial charge in [-0.2, -0.15) is 13.2 Å². The SMILES string of the molecule is Cc1ccc(C(=O)N(CC(NC(=O)O)C(C)C)CC(F)(F)F)cc1. The molecule has 5 nitrogen and oxygen atoms in total. The smallest absolute Gasteiger partial charge is 0.406 e. The Bertz CT molecular complexity index is 571. The highest BCUT2D eigenvalue weighted by molar-refractivity contribution is 5.94. The molecule has 0 saturated heterocycles. The van der Waals surface area contributed by atoms with Crippen molar-refractivity contribution in [3.63, 3.8) is 0 Å². The highest BCUT2D eigenvalue weighted by Crippen LogP contribution is 2.19. The number of aryl methyl sites for hydroxylation is 1. The van der Waals surface area contributed by atoms with Gasteiger partial charge in [0.2, 0.25) is 0 Å². The first-order chi connectivity index (χ1) is 11.0. The minimum atomic E-state index is -4.58. The minimum Gasteiger partial charge on any atom is -0.465 e. The first-order valence-electron chi connectivity index (χ1n) is 7.41. The van der Waals surface area contributed by atoms with E-state index in [1.807, 2.05) is 0 Å². The molecule has 1 rings (SSSR count). The molecule has 1 unspecified atom stereocenters. The largest absolute Gasteiger partial charge is 0.465 e. The monoisotopic (exact) mass is 346 g/mol. The number of nitrogens with zero attached hydrogens (tertiary/aromatic N) is 1. The second-order valence-corrected chi connectivity index (χ2v) is 5.97. The first-order valence-corrected chi connectivity index (χ1v) is 7.41. The Morgan fingerprint density at radius 2 is 1.75 bits per heavy atom. The lowest BCUT2D eigenvalue weighted by Crippen LogP contribution is -2.50. The van der Waals surface area contributed by atoms with Crippen molar-refractivity contribution >= 4 is 12.0 Å². The second kappa shape index (κ2) is 8.03. The molecule has 0 radical (unpaired) electrons. The van der Waals surface area contributed by atoms with Gasteiger partial charge in [-0.05, 0) is 25.0 Å². The van der Waals surface area contributed by atoms with Crippen molar-refractivity contribution in [2.24, 2.45) is 5.92 Å². The Hall–Kier alpha value is -2.25. The van der Waals surface area contributed by atoms with Crippen LogP contribution in [0.4, 0.5) is 18.0 Å². The third kappa shape index (κ3) is 6.47. The number of alkyl halides is 3. The van der Waals surface area contributed by atoms with E-state index >= 15 is 0 Å². The molecular weight excluding hydrogens is 325 g/mol. The van der Waals surface area contributed by atoms with Gasteiger partial charge in [0.25, 0.3) is 5.91 Å². The molecule has 1 aromatic carbocycles. The zero-order valence-corrected chi connectivity index (χ0v) is 13.7. The Kier molecular flexibility index (Phi) is 6.62. The van der Waals surface area contributed by atoms with Crippen LogP contribution >= 0.6 is 0 Å². The molecule has 0 spiro atoms. The van der Waals surface area contributed by atoms with Gasteiger partial charge in [-0.3, -0.25) is 4.79 Å². The van der Waals surface area contributed by atoms with Crippen LogP contribution in [0.25, 0.3) is 0 Å². The van der Waals surface area contributed by atoms with Crippen LogP contribution in [-0.2, 0) is 0 Å². The Morgan fingerprint density at radius 3 is 2.17 bits per heavy atom. The molecule has 0 aromatic heterocycles.